The van der Waals surface area contributed by atoms with Crippen molar-refractivity contribution in [3.63, 3.8) is 0 Å². The molecule has 0 unspecified atom stereocenters. The van der Waals surface area contributed by atoms with Gasteiger partial charge in [-0.05, 0) is 12.0 Å². The van der Waals surface area contributed by atoms with E-state index in [4.69, 9.17) is 4.74 Å². The molecule has 1 aromatic rings. The molecule has 0 bridgehead atoms. The molecule has 0 radical (unpaired) electrons. The Labute approximate surface area is 129 Å². The lowest BCUT2D eigenvalue weighted by Crippen LogP contribution is -2.47. The van der Waals surface area contributed by atoms with Crippen molar-refractivity contribution >= 4 is 17.9 Å². The molecule has 0 aromatic heterocycles. The number of hydrogen-bond acceptors (Lipinski definition) is 4. The van der Waals surface area contributed by atoms with E-state index in [1.807, 2.05) is 0 Å². The van der Waals surface area contributed by atoms with Gasteiger partial charge in [0.1, 0.15) is 12.6 Å². The Morgan fingerprint density at radius 2 is 1.91 bits per heavy atom. The zero-order chi connectivity index (χ0) is 17.0. The van der Waals surface area contributed by atoms with E-state index in [2.05, 4.69) is 0 Å². The summed E-state index contributed by atoms with van der Waals surface area (Å²) in [5.74, 6) is -3.13. The summed E-state index contributed by atoms with van der Waals surface area (Å²) in [6.07, 6.45) is -6.13. The number of hydrogen-bond donors (Lipinski definition) is 1. The Kier molecular flexibility index (Phi) is 4.87. The van der Waals surface area contributed by atoms with Crippen LogP contribution in [0.5, 0.6) is 0 Å². The second kappa shape index (κ2) is 6.67. The highest BCUT2D eigenvalue weighted by molar-refractivity contribution is 5.99. The van der Waals surface area contributed by atoms with Crippen LogP contribution in [-0.4, -0.2) is 41.6 Å². The van der Waals surface area contributed by atoms with Gasteiger partial charge in [-0.1, -0.05) is 30.3 Å². The van der Waals surface area contributed by atoms with Gasteiger partial charge in [-0.15, -0.1) is 0 Å². The van der Waals surface area contributed by atoms with E-state index in [9.17, 15) is 27.6 Å². The number of carbonyl (C=O) groups is 3. The zero-order valence-electron chi connectivity index (χ0n) is 11.8. The summed E-state index contributed by atoms with van der Waals surface area (Å²) >= 11 is 0. The van der Waals surface area contributed by atoms with Crippen molar-refractivity contribution in [2.24, 2.45) is 0 Å². The molecule has 2 rings (SSSR count). The van der Waals surface area contributed by atoms with Crippen molar-refractivity contribution in [2.75, 3.05) is 6.54 Å². The number of imide groups is 1. The maximum atomic E-state index is 12.2. The fourth-order valence-electron chi connectivity index (χ4n) is 2.03. The van der Waals surface area contributed by atoms with Crippen LogP contribution in [-0.2, 0) is 20.9 Å². The number of halogens is 3. The second-order valence-corrected chi connectivity index (χ2v) is 4.84. The van der Waals surface area contributed by atoms with Gasteiger partial charge in [-0.3, -0.25) is 9.59 Å². The minimum absolute atomic E-state index is 0.0664. The summed E-state index contributed by atoms with van der Waals surface area (Å²) < 4.78 is 41.4. The Morgan fingerprint density at radius 1 is 1.26 bits per heavy atom. The number of nitrogens with one attached hydrogen (secondary N) is 1. The molecule has 0 saturated carbocycles. The molecule has 1 aliphatic rings. The first-order valence-corrected chi connectivity index (χ1v) is 6.69. The highest BCUT2D eigenvalue weighted by atomic mass is 19.4. The predicted molar refractivity (Wildman–Crippen MR) is 70.9 cm³/mol. The number of likely N-dealkylation sites (tertiary alicyclic amines) is 1. The van der Waals surface area contributed by atoms with Gasteiger partial charge in [0.15, 0.2) is 0 Å². The van der Waals surface area contributed by atoms with E-state index < -0.39 is 30.1 Å². The molecule has 1 N–H and O–H groups in total. The summed E-state index contributed by atoms with van der Waals surface area (Å²) in [5.41, 5.74) is 0.703. The molecular weight excluding hydrogens is 317 g/mol. The van der Waals surface area contributed by atoms with Crippen LogP contribution >= 0.6 is 0 Å². The number of nitrogens with zero attached hydrogens (tertiary/aromatic N) is 1. The van der Waals surface area contributed by atoms with Crippen molar-refractivity contribution in [1.82, 2.24) is 10.2 Å². The average Bonchev–Trinajstić information content (AvgIpc) is 2.86. The summed E-state index contributed by atoms with van der Waals surface area (Å²) in [4.78, 5) is 35.2. The summed E-state index contributed by atoms with van der Waals surface area (Å²) in [5, 5.41) is 1.56. The monoisotopic (exact) mass is 330 g/mol. The Bertz CT molecular complexity index is 604. The standard InChI is InChI=1S/C14H13F3N2O4/c15-14(16,17)12(21)18-10-6-7-19(11(10)20)13(22)23-8-9-4-2-1-3-5-9/h1-5,10H,6-8H2,(H,18,21)/t10-/m1/s1. The maximum Gasteiger partial charge on any atom is 0.471 e. The molecule has 0 spiro atoms. The fraction of sp³-hybridized carbons (Fsp3) is 0.357. The van der Waals surface area contributed by atoms with Crippen LogP contribution in [0.25, 0.3) is 0 Å². The number of rotatable bonds is 3. The highest BCUT2D eigenvalue weighted by Gasteiger charge is 2.44. The van der Waals surface area contributed by atoms with Gasteiger partial charge in [0, 0.05) is 6.54 Å². The van der Waals surface area contributed by atoms with Crippen molar-refractivity contribution in [3.8, 4) is 0 Å². The van der Waals surface area contributed by atoms with Gasteiger partial charge < -0.3 is 10.1 Å². The van der Waals surface area contributed by atoms with E-state index in [-0.39, 0.29) is 19.6 Å². The third-order valence-corrected chi connectivity index (χ3v) is 3.19. The molecule has 0 aliphatic carbocycles. The topological polar surface area (TPSA) is 75.7 Å². The van der Waals surface area contributed by atoms with Crippen LogP contribution in [0.1, 0.15) is 12.0 Å². The van der Waals surface area contributed by atoms with Gasteiger partial charge in [0.2, 0.25) is 0 Å². The molecule has 23 heavy (non-hydrogen) atoms. The Morgan fingerprint density at radius 3 is 2.52 bits per heavy atom. The lowest BCUT2D eigenvalue weighted by molar-refractivity contribution is -0.174. The minimum atomic E-state index is -5.08. The smallest absolute Gasteiger partial charge is 0.444 e. The molecule has 1 heterocycles. The summed E-state index contributed by atoms with van der Waals surface area (Å²) in [6, 6.07) is 7.31. The largest absolute Gasteiger partial charge is 0.471 e. The molecule has 1 saturated heterocycles. The first-order chi connectivity index (χ1) is 10.8. The maximum absolute atomic E-state index is 12.2. The normalized spacial score (nSPS) is 18.0. The van der Waals surface area contributed by atoms with Gasteiger partial charge >= 0.3 is 18.2 Å². The average molecular weight is 330 g/mol. The SMILES string of the molecule is O=C(OCc1ccccc1)N1CC[C@@H](NC(=O)C(F)(F)F)C1=O. The number of carbonyl (C=O) groups excluding carboxylic acids is 3. The van der Waals surface area contributed by atoms with Crippen molar-refractivity contribution in [1.29, 1.82) is 0 Å². The Hall–Kier alpha value is -2.58. The van der Waals surface area contributed by atoms with Crippen molar-refractivity contribution in [3.05, 3.63) is 35.9 Å². The molecule has 124 valence electrons. The van der Waals surface area contributed by atoms with Crippen molar-refractivity contribution < 1.29 is 32.3 Å². The third-order valence-electron chi connectivity index (χ3n) is 3.19. The quantitative estimate of drug-likeness (QED) is 0.913. The van der Waals surface area contributed by atoms with Crippen LogP contribution in [0.4, 0.5) is 18.0 Å². The molecule has 6 nitrogen and oxygen atoms in total. The van der Waals surface area contributed by atoms with E-state index >= 15 is 0 Å². The van der Waals surface area contributed by atoms with Crippen LogP contribution < -0.4 is 5.32 Å². The molecule has 1 fully saturated rings. The fourth-order valence-corrected chi connectivity index (χ4v) is 2.03. The molecule has 3 amide bonds. The summed E-state index contributed by atoms with van der Waals surface area (Å²) in [6.45, 7) is -0.182. The predicted octanol–water partition coefficient (Wildman–Crippen LogP) is 1.60. The highest BCUT2D eigenvalue weighted by Crippen LogP contribution is 2.18. The summed E-state index contributed by atoms with van der Waals surface area (Å²) in [7, 11) is 0. The number of amides is 3. The van der Waals surface area contributed by atoms with Crippen LogP contribution in [0, 0.1) is 0 Å². The lowest BCUT2D eigenvalue weighted by atomic mass is 10.2. The second-order valence-electron chi connectivity index (χ2n) is 4.84. The molecule has 1 aliphatic heterocycles. The van der Waals surface area contributed by atoms with Crippen LogP contribution in [0.3, 0.4) is 0 Å². The third kappa shape index (κ3) is 4.21. The molecule has 1 atom stereocenters. The minimum Gasteiger partial charge on any atom is -0.444 e. The van der Waals surface area contributed by atoms with E-state index in [0.717, 1.165) is 0 Å². The zero-order valence-corrected chi connectivity index (χ0v) is 11.8. The lowest BCUT2D eigenvalue weighted by Gasteiger charge is -2.16. The van der Waals surface area contributed by atoms with Gasteiger partial charge in [0.05, 0.1) is 0 Å². The van der Waals surface area contributed by atoms with E-state index in [0.29, 0.717) is 10.5 Å². The Balaban J connectivity index is 1.88. The molecular formula is C14H13F3N2O4. The molecule has 1 aromatic carbocycles. The number of alkyl halides is 3. The molecule has 9 heteroatoms. The van der Waals surface area contributed by atoms with Gasteiger partial charge in [0.25, 0.3) is 5.91 Å². The van der Waals surface area contributed by atoms with E-state index in [1.165, 1.54) is 0 Å². The van der Waals surface area contributed by atoms with Crippen LogP contribution in [0.15, 0.2) is 30.3 Å². The van der Waals surface area contributed by atoms with Gasteiger partial charge in [-0.2, -0.15) is 13.2 Å². The van der Waals surface area contributed by atoms with Crippen molar-refractivity contribution in [2.45, 2.75) is 25.2 Å². The van der Waals surface area contributed by atoms with E-state index in [1.54, 1.807) is 35.6 Å². The van der Waals surface area contributed by atoms with Gasteiger partial charge in [-0.25, -0.2) is 9.69 Å². The van der Waals surface area contributed by atoms with Crippen LogP contribution in [0.2, 0.25) is 0 Å². The number of ether oxygens (including phenoxy) is 1. The first kappa shape index (κ1) is 16.8. The first-order valence-electron chi connectivity index (χ1n) is 6.69. The number of benzene rings is 1.